The van der Waals surface area contributed by atoms with E-state index in [9.17, 15) is 8.78 Å². The summed E-state index contributed by atoms with van der Waals surface area (Å²) in [5.74, 6) is -1.73. The fraction of sp³-hybridized carbons (Fsp3) is 0.312. The summed E-state index contributed by atoms with van der Waals surface area (Å²) in [6.07, 6.45) is 12.3. The van der Waals surface area contributed by atoms with Crippen molar-refractivity contribution in [1.29, 1.82) is 0 Å². The van der Waals surface area contributed by atoms with Crippen LogP contribution in [0.15, 0.2) is 72.8 Å². The van der Waals surface area contributed by atoms with Crippen LogP contribution >= 0.6 is 0 Å². The van der Waals surface area contributed by atoms with E-state index in [1.807, 2.05) is 13.0 Å². The molecule has 3 aromatic carbocycles. The molecule has 1 aliphatic carbocycles. The lowest BCUT2D eigenvalue weighted by Gasteiger charge is -2.20. The van der Waals surface area contributed by atoms with E-state index in [1.165, 1.54) is 17.7 Å². The lowest BCUT2D eigenvalue weighted by molar-refractivity contribution is 0.286. The number of allylic oxidation sites excluding steroid dienone is 4. The van der Waals surface area contributed by atoms with Crippen molar-refractivity contribution in [3.05, 3.63) is 95.8 Å². The third-order valence-corrected chi connectivity index (χ3v) is 6.82. The van der Waals surface area contributed by atoms with Crippen LogP contribution in [0, 0.1) is 23.4 Å². The molecule has 36 heavy (non-hydrogen) atoms. The zero-order valence-corrected chi connectivity index (χ0v) is 21.0. The largest absolute Gasteiger partial charge is 0.490 e. The molecule has 0 N–H and O–H groups in total. The van der Waals surface area contributed by atoms with Gasteiger partial charge >= 0.3 is 0 Å². The summed E-state index contributed by atoms with van der Waals surface area (Å²) < 4.78 is 49.8. The summed E-state index contributed by atoms with van der Waals surface area (Å²) >= 11 is 0. The maximum absolute atomic E-state index is 15.1. The van der Waals surface area contributed by atoms with Crippen LogP contribution in [0.1, 0.15) is 57.9 Å². The van der Waals surface area contributed by atoms with Gasteiger partial charge in [0, 0.05) is 11.1 Å². The normalized spacial score (nSPS) is 15.8. The van der Waals surface area contributed by atoms with E-state index in [1.54, 1.807) is 36.4 Å². The highest BCUT2D eigenvalue weighted by Gasteiger charge is 2.17. The SMILES string of the molecule is C/C=C/C1CC=C(c2ccc(-c3ccc(-c4ccc(OCCCCC)c(F)c4F)cc3)c(F)c2)CC1. The minimum atomic E-state index is -0.983. The number of halogens is 3. The molecule has 0 bridgehead atoms. The Balaban J connectivity index is 1.49. The Labute approximate surface area is 212 Å². The van der Waals surface area contributed by atoms with Gasteiger partial charge < -0.3 is 4.74 Å². The van der Waals surface area contributed by atoms with Gasteiger partial charge in [-0.3, -0.25) is 0 Å². The Morgan fingerprint density at radius 2 is 1.56 bits per heavy atom. The molecule has 0 radical (unpaired) electrons. The summed E-state index contributed by atoms with van der Waals surface area (Å²) in [6, 6.07) is 15.2. The minimum Gasteiger partial charge on any atom is -0.490 e. The van der Waals surface area contributed by atoms with Crippen LogP contribution in [0.4, 0.5) is 13.2 Å². The van der Waals surface area contributed by atoms with E-state index in [0.717, 1.165) is 44.1 Å². The average molecular weight is 491 g/mol. The highest BCUT2D eigenvalue weighted by molar-refractivity contribution is 5.74. The number of hydrogen-bond acceptors (Lipinski definition) is 1. The lowest BCUT2D eigenvalue weighted by atomic mass is 9.86. The van der Waals surface area contributed by atoms with Crippen LogP contribution in [-0.2, 0) is 0 Å². The fourth-order valence-electron chi connectivity index (χ4n) is 4.74. The second kappa shape index (κ2) is 12.1. The average Bonchev–Trinajstić information content (AvgIpc) is 2.90. The van der Waals surface area contributed by atoms with Crippen LogP contribution in [0.3, 0.4) is 0 Å². The van der Waals surface area contributed by atoms with Crippen LogP contribution < -0.4 is 4.74 Å². The molecule has 1 unspecified atom stereocenters. The monoisotopic (exact) mass is 490 g/mol. The zero-order chi connectivity index (χ0) is 25.5. The van der Waals surface area contributed by atoms with E-state index in [2.05, 4.69) is 25.2 Å². The van der Waals surface area contributed by atoms with Crippen molar-refractivity contribution in [2.24, 2.45) is 5.92 Å². The maximum Gasteiger partial charge on any atom is 0.201 e. The van der Waals surface area contributed by atoms with Crippen molar-refractivity contribution >= 4 is 5.57 Å². The molecule has 0 aliphatic heterocycles. The number of unbranched alkanes of at least 4 members (excludes halogenated alkanes) is 2. The molecule has 0 fully saturated rings. The van der Waals surface area contributed by atoms with Gasteiger partial charge in [0.1, 0.15) is 5.82 Å². The molecular weight excluding hydrogens is 457 g/mol. The van der Waals surface area contributed by atoms with Crippen molar-refractivity contribution < 1.29 is 17.9 Å². The third kappa shape index (κ3) is 5.92. The van der Waals surface area contributed by atoms with Gasteiger partial charge in [0.05, 0.1) is 6.61 Å². The fourth-order valence-corrected chi connectivity index (χ4v) is 4.74. The molecule has 188 valence electrons. The molecule has 0 spiro atoms. The van der Waals surface area contributed by atoms with Crippen molar-refractivity contribution in [1.82, 2.24) is 0 Å². The third-order valence-electron chi connectivity index (χ3n) is 6.82. The molecule has 1 aliphatic rings. The zero-order valence-electron chi connectivity index (χ0n) is 21.0. The van der Waals surface area contributed by atoms with Crippen LogP contribution in [0.25, 0.3) is 27.8 Å². The highest BCUT2D eigenvalue weighted by Crippen LogP contribution is 2.35. The lowest BCUT2D eigenvalue weighted by Crippen LogP contribution is -2.03. The molecule has 3 aromatic rings. The van der Waals surface area contributed by atoms with Crippen molar-refractivity contribution in [2.45, 2.75) is 52.4 Å². The first-order valence-electron chi connectivity index (χ1n) is 12.8. The number of ether oxygens (including phenoxy) is 1. The Morgan fingerprint density at radius 1 is 0.861 bits per heavy atom. The topological polar surface area (TPSA) is 9.23 Å². The summed E-state index contributed by atoms with van der Waals surface area (Å²) in [7, 11) is 0. The summed E-state index contributed by atoms with van der Waals surface area (Å²) in [5, 5.41) is 0. The summed E-state index contributed by atoms with van der Waals surface area (Å²) in [4.78, 5) is 0. The summed E-state index contributed by atoms with van der Waals surface area (Å²) in [5.41, 5.74) is 3.94. The quantitative estimate of drug-likeness (QED) is 0.214. The van der Waals surface area contributed by atoms with E-state index >= 15 is 4.39 Å². The van der Waals surface area contributed by atoms with E-state index in [4.69, 9.17) is 4.74 Å². The first-order chi connectivity index (χ1) is 17.5. The first kappa shape index (κ1) is 25.8. The van der Waals surface area contributed by atoms with Gasteiger partial charge in [0.2, 0.25) is 5.82 Å². The van der Waals surface area contributed by atoms with Gasteiger partial charge in [0.25, 0.3) is 0 Å². The maximum atomic E-state index is 15.1. The molecule has 0 amide bonds. The molecular formula is C32H33F3O. The standard InChI is InChI=1S/C32H33F3O/c1-3-5-6-20-36-30-19-18-28(31(34)32(30)35)25-14-12-24(13-15-25)27-17-16-26(21-29(27)33)23-10-8-22(7-4-2)9-11-23/h4,7,10,12-19,21-22H,3,5-6,8-9,11,20H2,1-2H3/b7-4+. The number of benzene rings is 3. The number of rotatable bonds is 9. The van der Waals surface area contributed by atoms with Gasteiger partial charge in [-0.2, -0.15) is 4.39 Å². The Hall–Kier alpha value is -3.27. The highest BCUT2D eigenvalue weighted by atomic mass is 19.2. The van der Waals surface area contributed by atoms with Crippen molar-refractivity contribution in [2.75, 3.05) is 6.61 Å². The Bertz CT molecular complexity index is 1240. The van der Waals surface area contributed by atoms with Crippen LogP contribution in [0.5, 0.6) is 5.75 Å². The molecule has 1 atom stereocenters. The minimum absolute atomic E-state index is 0.0726. The van der Waals surface area contributed by atoms with Crippen LogP contribution in [0.2, 0.25) is 0 Å². The second-order valence-electron chi connectivity index (χ2n) is 9.36. The second-order valence-corrected chi connectivity index (χ2v) is 9.36. The van der Waals surface area contributed by atoms with Crippen molar-refractivity contribution in [3.63, 3.8) is 0 Å². The Morgan fingerprint density at radius 3 is 2.19 bits per heavy atom. The Kier molecular flexibility index (Phi) is 8.69. The predicted octanol–water partition coefficient (Wildman–Crippen LogP) is 9.77. The van der Waals surface area contributed by atoms with Gasteiger partial charge in [-0.15, -0.1) is 0 Å². The van der Waals surface area contributed by atoms with Gasteiger partial charge in [-0.05, 0) is 79.0 Å². The summed E-state index contributed by atoms with van der Waals surface area (Å²) in [6.45, 7) is 4.46. The predicted molar refractivity (Wildman–Crippen MR) is 142 cm³/mol. The molecule has 4 heteroatoms. The first-order valence-corrected chi connectivity index (χ1v) is 12.8. The molecule has 0 aromatic heterocycles. The van der Waals surface area contributed by atoms with E-state index in [-0.39, 0.29) is 17.1 Å². The van der Waals surface area contributed by atoms with Crippen LogP contribution in [-0.4, -0.2) is 6.61 Å². The molecule has 0 saturated carbocycles. The van der Waals surface area contributed by atoms with Gasteiger partial charge in [-0.1, -0.05) is 74.4 Å². The van der Waals surface area contributed by atoms with E-state index in [0.29, 0.717) is 29.2 Å². The van der Waals surface area contributed by atoms with Gasteiger partial charge in [-0.25, -0.2) is 8.78 Å². The molecule has 1 nitrogen and oxygen atoms in total. The van der Waals surface area contributed by atoms with Gasteiger partial charge in [0.15, 0.2) is 11.6 Å². The van der Waals surface area contributed by atoms with Crippen molar-refractivity contribution in [3.8, 4) is 28.0 Å². The molecule has 4 rings (SSSR count). The molecule has 0 saturated heterocycles. The molecule has 0 heterocycles. The van der Waals surface area contributed by atoms with E-state index < -0.39 is 11.6 Å². The smallest absolute Gasteiger partial charge is 0.201 e. The number of hydrogen-bond donors (Lipinski definition) is 0.